The zero-order valence-electron chi connectivity index (χ0n) is 10.8. The minimum atomic E-state index is 0.609. The second-order valence-electron chi connectivity index (χ2n) is 4.35. The molecule has 1 aliphatic heterocycles. The molecule has 0 aliphatic carbocycles. The van der Waals surface area contributed by atoms with Crippen LogP contribution in [0.15, 0.2) is 0 Å². The number of hydrogen-bond donors (Lipinski definition) is 1. The zero-order chi connectivity index (χ0) is 11.8. The third-order valence-corrected chi connectivity index (χ3v) is 4.37. The van der Waals surface area contributed by atoms with Gasteiger partial charge >= 0.3 is 0 Å². The Balaban J connectivity index is 2.25. The van der Waals surface area contributed by atoms with Crippen molar-refractivity contribution in [3.05, 3.63) is 0 Å². The van der Waals surface area contributed by atoms with Crippen molar-refractivity contribution < 1.29 is 0 Å². The highest BCUT2D eigenvalue weighted by atomic mass is 32.2. The highest BCUT2D eigenvalue weighted by molar-refractivity contribution is 7.99. The molecule has 1 atom stereocenters. The topological polar surface area (TPSA) is 32.5 Å². The van der Waals surface area contributed by atoms with E-state index in [1.54, 1.807) is 0 Å². The van der Waals surface area contributed by atoms with Crippen LogP contribution in [-0.4, -0.2) is 66.6 Å². The highest BCUT2D eigenvalue weighted by Crippen LogP contribution is 2.11. The maximum atomic E-state index is 5.89. The molecule has 0 amide bonds. The van der Waals surface area contributed by atoms with Gasteiger partial charge in [0.1, 0.15) is 0 Å². The second kappa shape index (κ2) is 8.34. The molecule has 1 fully saturated rings. The summed E-state index contributed by atoms with van der Waals surface area (Å²) in [5.74, 6) is 2.48. The van der Waals surface area contributed by atoms with Crippen molar-refractivity contribution in [3.63, 3.8) is 0 Å². The molecule has 1 aliphatic rings. The fraction of sp³-hybridized carbons (Fsp3) is 1.00. The standard InChI is InChI=1S/C12H27N3S/c1-3-14-6-8-15(9-7-14)12(11-13)5-10-16-4-2/h12H,3-11,13H2,1-2H3. The predicted octanol–water partition coefficient (Wildman–Crippen LogP) is 1.09. The summed E-state index contributed by atoms with van der Waals surface area (Å²) < 4.78 is 0. The van der Waals surface area contributed by atoms with Gasteiger partial charge in [0, 0.05) is 38.8 Å². The van der Waals surface area contributed by atoms with E-state index in [0.29, 0.717) is 6.04 Å². The number of nitrogens with two attached hydrogens (primary N) is 1. The smallest absolute Gasteiger partial charge is 0.0227 e. The van der Waals surface area contributed by atoms with Crippen LogP contribution in [-0.2, 0) is 0 Å². The van der Waals surface area contributed by atoms with Crippen molar-refractivity contribution in [2.45, 2.75) is 26.3 Å². The normalized spacial score (nSPS) is 21.2. The highest BCUT2D eigenvalue weighted by Gasteiger charge is 2.21. The molecule has 4 heteroatoms. The minimum Gasteiger partial charge on any atom is -0.329 e. The van der Waals surface area contributed by atoms with Gasteiger partial charge in [0.2, 0.25) is 0 Å². The predicted molar refractivity (Wildman–Crippen MR) is 74.1 cm³/mol. The van der Waals surface area contributed by atoms with E-state index in [1.165, 1.54) is 50.7 Å². The number of hydrogen-bond acceptors (Lipinski definition) is 4. The molecule has 0 aromatic rings. The SMILES string of the molecule is CCSCCC(CN)N1CCN(CC)CC1. The lowest BCUT2D eigenvalue weighted by atomic mass is 10.1. The van der Waals surface area contributed by atoms with Gasteiger partial charge < -0.3 is 10.6 Å². The summed E-state index contributed by atoms with van der Waals surface area (Å²) in [6.45, 7) is 11.3. The molecule has 1 unspecified atom stereocenters. The van der Waals surface area contributed by atoms with Crippen LogP contribution in [0, 0.1) is 0 Å². The Labute approximate surface area is 105 Å². The van der Waals surface area contributed by atoms with Gasteiger partial charge in [-0.2, -0.15) is 11.8 Å². The molecule has 0 radical (unpaired) electrons. The van der Waals surface area contributed by atoms with E-state index < -0.39 is 0 Å². The van der Waals surface area contributed by atoms with E-state index in [1.807, 2.05) is 11.8 Å². The van der Waals surface area contributed by atoms with E-state index in [4.69, 9.17) is 5.73 Å². The Morgan fingerprint density at radius 1 is 1.19 bits per heavy atom. The number of nitrogens with zero attached hydrogens (tertiary/aromatic N) is 2. The van der Waals surface area contributed by atoms with E-state index in [0.717, 1.165) is 6.54 Å². The Morgan fingerprint density at radius 2 is 1.88 bits per heavy atom. The van der Waals surface area contributed by atoms with Crippen LogP contribution in [0.4, 0.5) is 0 Å². The van der Waals surface area contributed by atoms with Crippen LogP contribution in [0.2, 0.25) is 0 Å². The first kappa shape index (κ1) is 14.3. The average molecular weight is 245 g/mol. The zero-order valence-corrected chi connectivity index (χ0v) is 11.6. The van der Waals surface area contributed by atoms with Crippen LogP contribution in [0.25, 0.3) is 0 Å². The molecule has 0 aromatic heterocycles. The summed E-state index contributed by atoms with van der Waals surface area (Å²) >= 11 is 2.03. The van der Waals surface area contributed by atoms with E-state index >= 15 is 0 Å². The molecule has 3 nitrogen and oxygen atoms in total. The Hall–Kier alpha value is 0.230. The quantitative estimate of drug-likeness (QED) is 0.681. The second-order valence-corrected chi connectivity index (χ2v) is 5.74. The lowest BCUT2D eigenvalue weighted by Gasteiger charge is -2.38. The van der Waals surface area contributed by atoms with Gasteiger partial charge in [-0.1, -0.05) is 13.8 Å². The van der Waals surface area contributed by atoms with Crippen LogP contribution < -0.4 is 5.73 Å². The summed E-state index contributed by atoms with van der Waals surface area (Å²) in [4.78, 5) is 5.10. The fourth-order valence-electron chi connectivity index (χ4n) is 2.26. The molecule has 0 bridgehead atoms. The molecule has 2 N–H and O–H groups in total. The lowest BCUT2D eigenvalue weighted by Crippen LogP contribution is -2.52. The summed E-state index contributed by atoms with van der Waals surface area (Å²) in [5.41, 5.74) is 5.89. The number of thioether (sulfide) groups is 1. The summed E-state index contributed by atoms with van der Waals surface area (Å²) in [7, 11) is 0. The number of rotatable bonds is 7. The molecule has 96 valence electrons. The summed E-state index contributed by atoms with van der Waals surface area (Å²) in [6, 6.07) is 0.609. The van der Waals surface area contributed by atoms with Crippen molar-refractivity contribution in [1.29, 1.82) is 0 Å². The van der Waals surface area contributed by atoms with Crippen molar-refractivity contribution in [3.8, 4) is 0 Å². The molecule has 1 heterocycles. The third-order valence-electron chi connectivity index (χ3n) is 3.44. The van der Waals surface area contributed by atoms with E-state index in [9.17, 15) is 0 Å². The monoisotopic (exact) mass is 245 g/mol. The van der Waals surface area contributed by atoms with Gasteiger partial charge in [0.15, 0.2) is 0 Å². The summed E-state index contributed by atoms with van der Waals surface area (Å²) in [5, 5.41) is 0. The van der Waals surface area contributed by atoms with Gasteiger partial charge in [-0.15, -0.1) is 0 Å². The molecule has 0 saturated carbocycles. The molecule has 0 spiro atoms. The van der Waals surface area contributed by atoms with Crippen molar-refractivity contribution in [2.75, 3.05) is 50.8 Å². The number of likely N-dealkylation sites (N-methyl/N-ethyl adjacent to an activating group) is 1. The van der Waals surface area contributed by atoms with Crippen molar-refractivity contribution >= 4 is 11.8 Å². The van der Waals surface area contributed by atoms with Gasteiger partial charge in [0.25, 0.3) is 0 Å². The molecular formula is C12H27N3S. The Kier molecular flexibility index (Phi) is 7.45. The minimum absolute atomic E-state index is 0.609. The molecule has 1 saturated heterocycles. The third kappa shape index (κ3) is 4.62. The maximum Gasteiger partial charge on any atom is 0.0227 e. The van der Waals surface area contributed by atoms with Crippen molar-refractivity contribution in [1.82, 2.24) is 9.80 Å². The van der Waals surface area contributed by atoms with Crippen LogP contribution >= 0.6 is 11.8 Å². The number of piperazine rings is 1. The molecule has 1 rings (SSSR count). The average Bonchev–Trinajstić information content (AvgIpc) is 2.35. The summed E-state index contributed by atoms with van der Waals surface area (Å²) in [6.07, 6.45) is 1.25. The van der Waals surface area contributed by atoms with Crippen molar-refractivity contribution in [2.24, 2.45) is 5.73 Å². The van der Waals surface area contributed by atoms with E-state index in [2.05, 4.69) is 23.6 Å². The molecule has 16 heavy (non-hydrogen) atoms. The first-order valence-corrected chi connectivity index (χ1v) is 7.71. The van der Waals surface area contributed by atoms with Crippen LogP contribution in [0.5, 0.6) is 0 Å². The largest absolute Gasteiger partial charge is 0.329 e. The Morgan fingerprint density at radius 3 is 2.38 bits per heavy atom. The van der Waals surface area contributed by atoms with Gasteiger partial charge in [-0.05, 0) is 24.5 Å². The molecule has 0 aromatic carbocycles. The Bertz CT molecular complexity index is 167. The van der Waals surface area contributed by atoms with Crippen LogP contribution in [0.1, 0.15) is 20.3 Å². The maximum absolute atomic E-state index is 5.89. The van der Waals surface area contributed by atoms with Gasteiger partial charge in [-0.25, -0.2) is 0 Å². The fourth-order valence-corrected chi connectivity index (χ4v) is 2.99. The molecular weight excluding hydrogens is 218 g/mol. The first-order valence-electron chi connectivity index (χ1n) is 6.56. The van der Waals surface area contributed by atoms with Crippen LogP contribution in [0.3, 0.4) is 0 Å². The van der Waals surface area contributed by atoms with Gasteiger partial charge in [0.05, 0.1) is 0 Å². The lowest BCUT2D eigenvalue weighted by molar-refractivity contribution is 0.101. The van der Waals surface area contributed by atoms with Gasteiger partial charge in [-0.3, -0.25) is 4.90 Å². The van der Waals surface area contributed by atoms with E-state index in [-0.39, 0.29) is 0 Å². The first-order chi connectivity index (χ1) is 7.81.